The van der Waals surface area contributed by atoms with Gasteiger partial charge in [0.2, 0.25) is 5.91 Å². The highest BCUT2D eigenvalue weighted by molar-refractivity contribution is 5.83. The predicted molar refractivity (Wildman–Crippen MR) is 92.6 cm³/mol. The molecule has 3 heterocycles. The summed E-state index contributed by atoms with van der Waals surface area (Å²) < 4.78 is 1.56. The third kappa shape index (κ3) is 3.53. The molecule has 0 aromatic carbocycles. The molecule has 1 amide bonds. The molecule has 1 aliphatic rings. The van der Waals surface area contributed by atoms with Crippen LogP contribution in [0.1, 0.15) is 49.8 Å². The minimum atomic E-state index is -0.813. The first-order chi connectivity index (χ1) is 11.9. The molecule has 0 radical (unpaired) electrons. The molecule has 8 heteroatoms. The zero-order chi connectivity index (χ0) is 18.0. The van der Waals surface area contributed by atoms with Crippen molar-refractivity contribution >= 4 is 5.91 Å². The van der Waals surface area contributed by atoms with Crippen molar-refractivity contribution in [2.45, 2.75) is 51.7 Å². The summed E-state index contributed by atoms with van der Waals surface area (Å²) in [7, 11) is 2.12. The average molecular weight is 343 g/mol. The molecule has 1 N–H and O–H groups in total. The van der Waals surface area contributed by atoms with Gasteiger partial charge in [-0.15, -0.1) is 0 Å². The van der Waals surface area contributed by atoms with Crippen LogP contribution in [-0.4, -0.2) is 49.1 Å². The van der Waals surface area contributed by atoms with Crippen LogP contribution in [0.4, 0.5) is 0 Å². The van der Waals surface area contributed by atoms with E-state index in [1.807, 2.05) is 27.0 Å². The number of amides is 1. The number of nitrogens with one attached hydrogen (secondary N) is 1. The van der Waals surface area contributed by atoms with Gasteiger partial charge in [0.1, 0.15) is 24.0 Å². The maximum absolute atomic E-state index is 12.6. The molecule has 1 atom stereocenters. The molecular weight excluding hydrogens is 318 g/mol. The predicted octanol–water partition coefficient (Wildman–Crippen LogP) is 1.19. The second kappa shape index (κ2) is 6.87. The van der Waals surface area contributed by atoms with Gasteiger partial charge in [-0.1, -0.05) is 0 Å². The van der Waals surface area contributed by atoms with E-state index >= 15 is 0 Å². The number of likely N-dealkylation sites (tertiary alicyclic amines) is 1. The van der Waals surface area contributed by atoms with Gasteiger partial charge < -0.3 is 5.32 Å². The Hall–Kier alpha value is -2.35. The number of hydrogen-bond acceptors (Lipinski definition) is 6. The van der Waals surface area contributed by atoms with Gasteiger partial charge in [0.15, 0.2) is 0 Å². The Morgan fingerprint density at radius 2 is 2.24 bits per heavy atom. The molecule has 134 valence electrons. The molecule has 3 rings (SSSR count). The molecule has 1 aliphatic heterocycles. The molecule has 0 spiro atoms. The fraction of sp³-hybridized carbons (Fsp3) is 0.588. The van der Waals surface area contributed by atoms with Crippen molar-refractivity contribution in [3.8, 4) is 0 Å². The van der Waals surface area contributed by atoms with E-state index in [2.05, 4.69) is 37.3 Å². The number of rotatable bonds is 5. The summed E-state index contributed by atoms with van der Waals surface area (Å²) in [4.78, 5) is 27.9. The highest BCUT2D eigenvalue weighted by Gasteiger charge is 2.31. The van der Waals surface area contributed by atoms with Gasteiger partial charge in [-0.3, -0.25) is 9.69 Å². The largest absolute Gasteiger partial charge is 0.350 e. The Kier molecular flexibility index (Phi) is 4.80. The standard InChI is InChI=1S/C17H25N7O/c1-12-19-8-13(15(22-12)14-6-5-7-23(14)4)9-20-16(25)17(2,3)24-11-18-10-21-24/h8,10-11,14H,5-7,9H2,1-4H3,(H,20,25). The fourth-order valence-electron chi connectivity index (χ4n) is 3.19. The normalized spacial score (nSPS) is 18.5. The van der Waals surface area contributed by atoms with Crippen LogP contribution in [0.2, 0.25) is 0 Å². The first-order valence-corrected chi connectivity index (χ1v) is 8.55. The lowest BCUT2D eigenvalue weighted by atomic mass is 10.0. The van der Waals surface area contributed by atoms with E-state index in [0.717, 1.165) is 36.5 Å². The molecule has 25 heavy (non-hydrogen) atoms. The summed E-state index contributed by atoms with van der Waals surface area (Å²) in [6.45, 7) is 6.99. The van der Waals surface area contributed by atoms with Gasteiger partial charge in [0.25, 0.3) is 0 Å². The number of hydrogen-bond donors (Lipinski definition) is 1. The van der Waals surface area contributed by atoms with Crippen LogP contribution in [0.25, 0.3) is 0 Å². The number of carbonyl (C=O) groups is 1. The molecule has 0 bridgehead atoms. The monoisotopic (exact) mass is 343 g/mol. The van der Waals surface area contributed by atoms with Gasteiger partial charge in [-0.25, -0.2) is 19.6 Å². The van der Waals surface area contributed by atoms with E-state index in [4.69, 9.17) is 0 Å². The highest BCUT2D eigenvalue weighted by atomic mass is 16.2. The molecular formula is C17H25N7O. The summed E-state index contributed by atoms with van der Waals surface area (Å²) in [5.74, 6) is 0.637. The number of nitrogens with zero attached hydrogens (tertiary/aromatic N) is 6. The number of carbonyl (C=O) groups excluding carboxylic acids is 1. The Balaban J connectivity index is 1.76. The van der Waals surface area contributed by atoms with Crippen molar-refractivity contribution < 1.29 is 4.79 Å². The average Bonchev–Trinajstić information content (AvgIpc) is 3.25. The molecule has 2 aromatic heterocycles. The lowest BCUT2D eigenvalue weighted by molar-refractivity contribution is -0.129. The third-order valence-corrected chi connectivity index (χ3v) is 4.84. The van der Waals surface area contributed by atoms with E-state index < -0.39 is 5.54 Å². The smallest absolute Gasteiger partial charge is 0.247 e. The maximum Gasteiger partial charge on any atom is 0.247 e. The minimum Gasteiger partial charge on any atom is -0.350 e. The van der Waals surface area contributed by atoms with Gasteiger partial charge >= 0.3 is 0 Å². The highest BCUT2D eigenvalue weighted by Crippen LogP contribution is 2.31. The van der Waals surface area contributed by atoms with Crippen molar-refractivity contribution in [1.82, 2.24) is 34.9 Å². The molecule has 0 aliphatic carbocycles. The van der Waals surface area contributed by atoms with E-state index in [-0.39, 0.29) is 11.9 Å². The van der Waals surface area contributed by atoms with Crippen molar-refractivity contribution in [3.05, 3.63) is 35.9 Å². The zero-order valence-electron chi connectivity index (χ0n) is 15.2. The Morgan fingerprint density at radius 1 is 1.44 bits per heavy atom. The first kappa shape index (κ1) is 17.5. The minimum absolute atomic E-state index is 0.121. The van der Waals surface area contributed by atoms with Gasteiger partial charge in [-0.05, 0) is 47.2 Å². The van der Waals surface area contributed by atoms with Crippen LogP contribution in [0.3, 0.4) is 0 Å². The molecule has 1 saturated heterocycles. The lowest BCUT2D eigenvalue weighted by Crippen LogP contribution is -2.44. The van der Waals surface area contributed by atoms with Crippen molar-refractivity contribution in [1.29, 1.82) is 0 Å². The van der Waals surface area contributed by atoms with Crippen LogP contribution >= 0.6 is 0 Å². The Bertz CT molecular complexity index is 741. The zero-order valence-corrected chi connectivity index (χ0v) is 15.2. The second-order valence-corrected chi connectivity index (χ2v) is 7.05. The van der Waals surface area contributed by atoms with Crippen molar-refractivity contribution in [2.75, 3.05) is 13.6 Å². The van der Waals surface area contributed by atoms with E-state index in [0.29, 0.717) is 6.54 Å². The third-order valence-electron chi connectivity index (χ3n) is 4.84. The summed E-state index contributed by atoms with van der Waals surface area (Å²) in [5, 5.41) is 7.08. The molecule has 2 aromatic rings. The molecule has 8 nitrogen and oxygen atoms in total. The van der Waals surface area contributed by atoms with Crippen molar-refractivity contribution in [3.63, 3.8) is 0 Å². The van der Waals surface area contributed by atoms with Crippen LogP contribution in [0.15, 0.2) is 18.9 Å². The summed E-state index contributed by atoms with van der Waals surface area (Å²) >= 11 is 0. The fourth-order valence-corrected chi connectivity index (χ4v) is 3.19. The Morgan fingerprint density at radius 3 is 2.88 bits per heavy atom. The van der Waals surface area contributed by atoms with E-state index in [1.165, 1.54) is 6.33 Å². The number of aromatic nitrogens is 5. The van der Waals surface area contributed by atoms with Crippen LogP contribution in [0.5, 0.6) is 0 Å². The van der Waals surface area contributed by atoms with E-state index in [1.54, 1.807) is 11.0 Å². The molecule has 1 fully saturated rings. The van der Waals surface area contributed by atoms with Crippen LogP contribution in [0, 0.1) is 6.92 Å². The van der Waals surface area contributed by atoms with Gasteiger partial charge in [-0.2, -0.15) is 5.10 Å². The molecule has 1 unspecified atom stereocenters. The Labute approximate surface area is 147 Å². The van der Waals surface area contributed by atoms with Crippen LogP contribution in [-0.2, 0) is 16.9 Å². The summed E-state index contributed by atoms with van der Waals surface area (Å²) in [6.07, 6.45) is 7.05. The summed E-state index contributed by atoms with van der Waals surface area (Å²) in [6, 6.07) is 0.289. The van der Waals surface area contributed by atoms with Crippen LogP contribution < -0.4 is 5.32 Å². The lowest BCUT2D eigenvalue weighted by Gasteiger charge is -2.25. The first-order valence-electron chi connectivity index (χ1n) is 8.55. The second-order valence-electron chi connectivity index (χ2n) is 7.05. The van der Waals surface area contributed by atoms with Crippen molar-refractivity contribution in [2.24, 2.45) is 0 Å². The molecule has 0 saturated carbocycles. The summed E-state index contributed by atoms with van der Waals surface area (Å²) in [5.41, 5.74) is 1.17. The van der Waals surface area contributed by atoms with Gasteiger partial charge in [0.05, 0.1) is 11.7 Å². The van der Waals surface area contributed by atoms with E-state index in [9.17, 15) is 4.79 Å². The number of aryl methyl sites for hydroxylation is 1. The topological polar surface area (TPSA) is 88.8 Å². The maximum atomic E-state index is 12.6. The quantitative estimate of drug-likeness (QED) is 0.877. The van der Waals surface area contributed by atoms with Gasteiger partial charge in [0, 0.05) is 18.3 Å². The SMILES string of the molecule is Cc1ncc(CNC(=O)C(C)(C)n2cncn2)c(C2CCCN2C)n1.